The van der Waals surface area contributed by atoms with E-state index in [0.29, 0.717) is 11.4 Å². The van der Waals surface area contributed by atoms with E-state index in [9.17, 15) is 9.59 Å². The van der Waals surface area contributed by atoms with Crippen LogP contribution in [0.4, 0.5) is 5.69 Å². The van der Waals surface area contributed by atoms with E-state index in [1.807, 2.05) is 33.8 Å². The number of hydrogen-bond acceptors (Lipinski definition) is 7. The number of nitrogens with zero attached hydrogens (tertiary/aromatic N) is 2. The molecule has 0 saturated carbocycles. The average Bonchev–Trinajstić information content (AvgIpc) is 2.77. The monoisotopic (exact) mass is 512 g/mol. The van der Waals surface area contributed by atoms with E-state index in [-0.39, 0.29) is 18.6 Å². The molecule has 0 radical (unpaired) electrons. The molecule has 0 N–H and O–H groups in total. The van der Waals surface area contributed by atoms with Crippen LogP contribution < -0.4 is 9.64 Å². The number of carbonyl (C=O) groups excluding carboxylic acids is 2. The zero-order valence-electron chi connectivity index (χ0n) is 24.2. The Morgan fingerprint density at radius 2 is 1.43 bits per heavy atom. The predicted molar refractivity (Wildman–Crippen MR) is 148 cm³/mol. The highest BCUT2D eigenvalue weighted by Gasteiger charge is 2.34. The van der Waals surface area contributed by atoms with Crippen LogP contribution in [0.1, 0.15) is 75.9 Å². The Kier molecular flexibility index (Phi) is 11.0. The van der Waals surface area contributed by atoms with Crippen molar-refractivity contribution in [3.05, 3.63) is 46.1 Å². The van der Waals surface area contributed by atoms with Crippen LogP contribution in [0.2, 0.25) is 0 Å². The predicted octanol–water partition coefficient (Wildman–Crippen LogP) is 6.41. The second-order valence-electron chi connectivity index (χ2n) is 10.2. The molecule has 204 valence electrons. The van der Waals surface area contributed by atoms with Crippen molar-refractivity contribution in [2.24, 2.45) is 5.92 Å². The summed E-state index contributed by atoms with van der Waals surface area (Å²) in [4.78, 5) is 33.3. The zero-order valence-corrected chi connectivity index (χ0v) is 24.2. The molecule has 0 bridgehead atoms. The van der Waals surface area contributed by atoms with Gasteiger partial charge in [0.25, 0.3) is 0 Å². The molecule has 2 rings (SSSR count). The van der Waals surface area contributed by atoms with Crippen molar-refractivity contribution in [3.63, 3.8) is 0 Å². The molecule has 2 aromatic rings. The van der Waals surface area contributed by atoms with Gasteiger partial charge in [-0.1, -0.05) is 24.6 Å². The zero-order chi connectivity index (χ0) is 27.9. The minimum atomic E-state index is -1.14. The second kappa shape index (κ2) is 13.5. The number of anilines is 1. The molecule has 0 saturated heterocycles. The third-order valence-corrected chi connectivity index (χ3v) is 5.89. The number of hydrogen-bond donors (Lipinski definition) is 0. The summed E-state index contributed by atoms with van der Waals surface area (Å²) in [6.45, 7) is 20.8. The van der Waals surface area contributed by atoms with Crippen LogP contribution in [0.25, 0.3) is 0 Å². The van der Waals surface area contributed by atoms with Crippen LogP contribution in [0.3, 0.4) is 0 Å². The maximum absolute atomic E-state index is 13.1. The Labute approximate surface area is 222 Å². The van der Waals surface area contributed by atoms with Crippen LogP contribution in [0, 0.1) is 33.6 Å². The summed E-state index contributed by atoms with van der Waals surface area (Å²) in [7, 11) is 0. The highest BCUT2D eigenvalue weighted by Crippen LogP contribution is 2.37. The summed E-state index contributed by atoms with van der Waals surface area (Å²) < 4.78 is 17.5. The van der Waals surface area contributed by atoms with Gasteiger partial charge in [0, 0.05) is 36.5 Å². The van der Waals surface area contributed by atoms with Crippen molar-refractivity contribution < 1.29 is 23.8 Å². The average molecular weight is 513 g/mol. The van der Waals surface area contributed by atoms with Crippen LogP contribution in [-0.4, -0.2) is 42.2 Å². The molecule has 0 atom stereocenters. The van der Waals surface area contributed by atoms with Gasteiger partial charge in [-0.15, -0.1) is 0 Å². The van der Waals surface area contributed by atoms with E-state index in [2.05, 4.69) is 30.9 Å². The molecule has 7 heteroatoms. The van der Waals surface area contributed by atoms with Gasteiger partial charge in [-0.2, -0.15) is 0 Å². The van der Waals surface area contributed by atoms with Crippen molar-refractivity contribution in [1.29, 1.82) is 0 Å². The second-order valence-corrected chi connectivity index (χ2v) is 10.2. The minimum Gasteiger partial charge on any atom is -0.462 e. The first kappa shape index (κ1) is 30.1. The third kappa shape index (κ3) is 8.20. The van der Waals surface area contributed by atoms with Crippen molar-refractivity contribution in [1.82, 2.24) is 4.98 Å². The molecule has 1 aromatic heterocycles. The molecular weight excluding hydrogens is 468 g/mol. The first-order valence-electron chi connectivity index (χ1n) is 13.3. The summed E-state index contributed by atoms with van der Waals surface area (Å²) >= 11 is 0. The first-order chi connectivity index (χ1) is 17.4. The molecule has 0 aliphatic rings. The Hall–Kier alpha value is -3.09. The van der Waals surface area contributed by atoms with Crippen molar-refractivity contribution >= 4 is 17.6 Å². The summed E-state index contributed by atoms with van der Waals surface area (Å²) in [5.74, 6) is -1.26. The summed E-state index contributed by atoms with van der Waals surface area (Å²) in [6.07, 6.45) is 0.269. The number of aromatic nitrogens is 1. The number of benzene rings is 1. The largest absolute Gasteiger partial charge is 0.462 e. The lowest BCUT2D eigenvalue weighted by Crippen LogP contribution is -2.34. The van der Waals surface area contributed by atoms with Gasteiger partial charge in [-0.3, -0.25) is 9.59 Å². The number of aryl methyl sites for hydroxylation is 4. The van der Waals surface area contributed by atoms with Crippen molar-refractivity contribution in [2.75, 3.05) is 18.0 Å². The maximum atomic E-state index is 13.1. The SMILES string of the molecule is CCCN(CC)c1cc(C)nc(Oc2c(C)cc(C)cc2C)c1CC(C(=O)OC(C)C)C(=O)OC(C)C. The fourth-order valence-electron chi connectivity index (χ4n) is 4.45. The number of ether oxygens (including phenoxy) is 3. The molecule has 1 heterocycles. The Morgan fingerprint density at radius 3 is 1.89 bits per heavy atom. The van der Waals surface area contributed by atoms with Gasteiger partial charge in [0.15, 0.2) is 5.92 Å². The number of rotatable bonds is 12. The van der Waals surface area contributed by atoms with Gasteiger partial charge in [-0.05, 0) is 85.9 Å². The van der Waals surface area contributed by atoms with Crippen LogP contribution in [0.15, 0.2) is 18.2 Å². The highest BCUT2D eigenvalue weighted by molar-refractivity contribution is 5.95. The maximum Gasteiger partial charge on any atom is 0.320 e. The van der Waals surface area contributed by atoms with Gasteiger partial charge in [0.1, 0.15) is 5.75 Å². The summed E-state index contributed by atoms with van der Waals surface area (Å²) in [5.41, 5.74) is 5.50. The Bertz CT molecular complexity index is 1050. The van der Waals surface area contributed by atoms with E-state index in [0.717, 1.165) is 53.3 Å². The van der Waals surface area contributed by atoms with E-state index >= 15 is 0 Å². The number of esters is 2. The number of carbonyl (C=O) groups is 2. The van der Waals surface area contributed by atoms with Crippen molar-refractivity contribution in [3.8, 4) is 11.6 Å². The van der Waals surface area contributed by atoms with E-state index < -0.39 is 17.9 Å². The molecule has 37 heavy (non-hydrogen) atoms. The Balaban J connectivity index is 2.72. The molecule has 7 nitrogen and oxygen atoms in total. The molecule has 0 unspecified atom stereocenters. The first-order valence-corrected chi connectivity index (χ1v) is 13.3. The van der Waals surface area contributed by atoms with Crippen LogP contribution in [0.5, 0.6) is 11.6 Å². The molecule has 0 aliphatic carbocycles. The molecule has 0 fully saturated rings. The normalized spacial score (nSPS) is 11.3. The topological polar surface area (TPSA) is 78.0 Å². The summed E-state index contributed by atoms with van der Waals surface area (Å²) in [6, 6.07) is 6.13. The van der Waals surface area contributed by atoms with Crippen LogP contribution >= 0.6 is 0 Å². The molecule has 0 aliphatic heterocycles. The highest BCUT2D eigenvalue weighted by atomic mass is 16.6. The van der Waals surface area contributed by atoms with Gasteiger partial charge < -0.3 is 19.1 Å². The van der Waals surface area contributed by atoms with E-state index in [4.69, 9.17) is 19.2 Å². The lowest BCUT2D eigenvalue weighted by molar-refractivity contribution is -0.166. The van der Waals surface area contributed by atoms with Crippen LogP contribution in [-0.2, 0) is 25.5 Å². The summed E-state index contributed by atoms with van der Waals surface area (Å²) in [5, 5.41) is 0. The molecular formula is C30H44N2O5. The lowest BCUT2D eigenvalue weighted by Gasteiger charge is -2.28. The molecule has 1 aromatic carbocycles. The van der Waals surface area contributed by atoms with Gasteiger partial charge in [0.2, 0.25) is 5.88 Å². The smallest absolute Gasteiger partial charge is 0.320 e. The fraction of sp³-hybridized carbons (Fsp3) is 0.567. The number of pyridine rings is 1. The quantitative estimate of drug-likeness (QED) is 0.240. The fourth-order valence-corrected chi connectivity index (χ4v) is 4.45. The van der Waals surface area contributed by atoms with Gasteiger partial charge in [-0.25, -0.2) is 4.98 Å². The molecule has 0 amide bonds. The van der Waals surface area contributed by atoms with E-state index in [1.54, 1.807) is 27.7 Å². The molecule has 0 spiro atoms. The van der Waals surface area contributed by atoms with E-state index in [1.165, 1.54) is 0 Å². The third-order valence-electron chi connectivity index (χ3n) is 5.89. The van der Waals surface area contributed by atoms with Gasteiger partial charge >= 0.3 is 11.9 Å². The minimum absolute atomic E-state index is 0.0548. The Morgan fingerprint density at radius 1 is 0.892 bits per heavy atom. The van der Waals surface area contributed by atoms with Gasteiger partial charge in [0.05, 0.1) is 12.2 Å². The van der Waals surface area contributed by atoms with Crippen molar-refractivity contribution in [2.45, 2.75) is 94.3 Å². The standard InChI is InChI=1S/C30H44N2O5/c1-11-13-32(12-2)26-16-23(10)31-28(37-27-21(8)14-20(7)15-22(27)9)24(26)17-25(29(33)35-18(3)4)30(34)36-19(5)6/h14-16,18-19,25H,11-13,17H2,1-10H3. The lowest BCUT2D eigenvalue weighted by atomic mass is 9.97.